The maximum atomic E-state index is 11.8. The van der Waals surface area contributed by atoms with Crippen molar-refractivity contribution < 1.29 is 14.0 Å². The molecule has 3 nitrogen and oxygen atoms in total. The van der Waals surface area contributed by atoms with E-state index < -0.39 is 7.60 Å². The van der Waals surface area contributed by atoms with Crippen LogP contribution in [0.2, 0.25) is 0 Å². The van der Waals surface area contributed by atoms with Gasteiger partial charge in [0.25, 0.3) is 0 Å². The second-order valence-corrected chi connectivity index (χ2v) is 7.07. The molecule has 1 N–H and O–H groups in total. The molecule has 0 aromatic heterocycles. The molecule has 2 atom stereocenters. The molecule has 17 heavy (non-hydrogen) atoms. The van der Waals surface area contributed by atoms with Crippen LogP contribution in [0, 0.1) is 0 Å². The highest BCUT2D eigenvalue weighted by molar-refractivity contribution is 7.53. The molecular formula is C13H29O3P. The maximum absolute atomic E-state index is 11.8. The molecule has 0 spiro atoms. The molecule has 0 aromatic carbocycles. The van der Waals surface area contributed by atoms with Crippen molar-refractivity contribution in [1.29, 1.82) is 0 Å². The normalized spacial score (nSPS) is 16.7. The standard InChI is InChI=1S/C13H29O3P/c1-4-6-8-9-10-11-13(3)17(14,15)16-12-7-5-2/h13H,4-12H2,1-3H3,(H,14,15). The van der Waals surface area contributed by atoms with Gasteiger partial charge in [-0.25, -0.2) is 0 Å². The summed E-state index contributed by atoms with van der Waals surface area (Å²) in [6, 6.07) is 0. The van der Waals surface area contributed by atoms with E-state index in [0.29, 0.717) is 6.61 Å². The summed E-state index contributed by atoms with van der Waals surface area (Å²) in [7, 11) is -3.37. The minimum absolute atomic E-state index is 0.221. The van der Waals surface area contributed by atoms with Gasteiger partial charge in [-0.3, -0.25) is 4.57 Å². The van der Waals surface area contributed by atoms with Crippen molar-refractivity contribution >= 4 is 7.60 Å². The fourth-order valence-electron chi connectivity index (χ4n) is 1.67. The fourth-order valence-corrected chi connectivity index (χ4v) is 2.83. The minimum atomic E-state index is -3.37. The Kier molecular flexibility index (Phi) is 10.2. The van der Waals surface area contributed by atoms with Crippen LogP contribution in [0.1, 0.15) is 72.1 Å². The van der Waals surface area contributed by atoms with Gasteiger partial charge < -0.3 is 9.42 Å². The predicted molar refractivity (Wildman–Crippen MR) is 73.5 cm³/mol. The summed E-state index contributed by atoms with van der Waals surface area (Å²) >= 11 is 0. The van der Waals surface area contributed by atoms with Crippen molar-refractivity contribution in [1.82, 2.24) is 0 Å². The lowest BCUT2D eigenvalue weighted by molar-refractivity contribution is 0.246. The second-order valence-electron chi connectivity index (χ2n) is 4.80. The average Bonchev–Trinajstić information content (AvgIpc) is 2.28. The first-order valence-electron chi connectivity index (χ1n) is 7.01. The Hall–Kier alpha value is 0.150. The van der Waals surface area contributed by atoms with Crippen molar-refractivity contribution in [3.05, 3.63) is 0 Å². The van der Waals surface area contributed by atoms with E-state index in [4.69, 9.17) is 4.52 Å². The number of unbranched alkanes of at least 4 members (excludes halogenated alkanes) is 5. The Labute approximate surface area is 106 Å². The fraction of sp³-hybridized carbons (Fsp3) is 1.00. The van der Waals surface area contributed by atoms with Crippen LogP contribution in [0.25, 0.3) is 0 Å². The lowest BCUT2D eigenvalue weighted by atomic mass is 10.1. The van der Waals surface area contributed by atoms with Crippen molar-refractivity contribution in [2.24, 2.45) is 0 Å². The summed E-state index contributed by atoms with van der Waals surface area (Å²) in [4.78, 5) is 9.75. The number of hydrogen-bond donors (Lipinski definition) is 1. The molecule has 0 aromatic rings. The second kappa shape index (κ2) is 10.1. The summed E-state index contributed by atoms with van der Waals surface area (Å²) in [5.41, 5.74) is -0.221. The van der Waals surface area contributed by atoms with E-state index in [1.807, 2.05) is 13.8 Å². The van der Waals surface area contributed by atoms with Gasteiger partial charge in [-0.15, -0.1) is 0 Å². The summed E-state index contributed by atoms with van der Waals surface area (Å²) in [6.07, 6.45) is 8.56. The van der Waals surface area contributed by atoms with Gasteiger partial charge in [0.2, 0.25) is 0 Å². The lowest BCUT2D eigenvalue weighted by Gasteiger charge is -2.18. The quantitative estimate of drug-likeness (QED) is 0.433. The highest BCUT2D eigenvalue weighted by Crippen LogP contribution is 2.49. The first-order chi connectivity index (χ1) is 8.04. The molecule has 0 bridgehead atoms. The predicted octanol–water partition coefficient (Wildman–Crippen LogP) is 4.74. The molecule has 0 saturated carbocycles. The van der Waals surface area contributed by atoms with Gasteiger partial charge in [0.05, 0.1) is 12.3 Å². The third-order valence-electron chi connectivity index (χ3n) is 3.06. The van der Waals surface area contributed by atoms with Gasteiger partial charge in [0.1, 0.15) is 0 Å². The average molecular weight is 264 g/mol. The molecule has 0 aliphatic rings. The topological polar surface area (TPSA) is 46.5 Å². The van der Waals surface area contributed by atoms with Crippen molar-refractivity contribution in [3.63, 3.8) is 0 Å². The van der Waals surface area contributed by atoms with Crippen molar-refractivity contribution in [3.8, 4) is 0 Å². The van der Waals surface area contributed by atoms with Crippen LogP contribution in [0.3, 0.4) is 0 Å². The smallest absolute Gasteiger partial charge is 0.324 e. The first kappa shape index (κ1) is 17.2. The van der Waals surface area contributed by atoms with E-state index in [1.165, 1.54) is 19.3 Å². The van der Waals surface area contributed by atoms with E-state index >= 15 is 0 Å². The van der Waals surface area contributed by atoms with E-state index in [9.17, 15) is 9.46 Å². The van der Waals surface area contributed by atoms with E-state index in [-0.39, 0.29) is 5.66 Å². The molecule has 2 unspecified atom stereocenters. The SMILES string of the molecule is CCCCCCCC(C)P(=O)(O)OCCCC. The van der Waals surface area contributed by atoms with Gasteiger partial charge >= 0.3 is 7.60 Å². The maximum Gasteiger partial charge on any atom is 0.330 e. The van der Waals surface area contributed by atoms with Crippen LogP contribution in [-0.2, 0) is 9.09 Å². The number of rotatable bonds is 11. The van der Waals surface area contributed by atoms with Gasteiger partial charge in [0, 0.05) is 0 Å². The van der Waals surface area contributed by atoms with Crippen LogP contribution in [-0.4, -0.2) is 17.2 Å². The van der Waals surface area contributed by atoms with Crippen LogP contribution >= 0.6 is 7.60 Å². The molecule has 0 rings (SSSR count). The highest BCUT2D eigenvalue weighted by Gasteiger charge is 2.27. The van der Waals surface area contributed by atoms with Crippen LogP contribution in [0.4, 0.5) is 0 Å². The van der Waals surface area contributed by atoms with E-state index in [1.54, 1.807) is 0 Å². The molecule has 0 aliphatic heterocycles. The zero-order valence-corrected chi connectivity index (χ0v) is 12.5. The minimum Gasteiger partial charge on any atom is -0.324 e. The first-order valence-corrected chi connectivity index (χ1v) is 8.66. The Morgan fingerprint density at radius 2 is 1.65 bits per heavy atom. The summed E-state index contributed by atoms with van der Waals surface area (Å²) < 4.78 is 17.0. The molecular weight excluding hydrogens is 235 g/mol. The van der Waals surface area contributed by atoms with E-state index in [0.717, 1.165) is 32.1 Å². The van der Waals surface area contributed by atoms with Crippen molar-refractivity contribution in [2.45, 2.75) is 77.8 Å². The molecule has 0 aliphatic carbocycles. The molecule has 0 radical (unpaired) electrons. The zero-order valence-electron chi connectivity index (χ0n) is 11.7. The molecule has 0 saturated heterocycles. The molecule has 0 fully saturated rings. The third kappa shape index (κ3) is 8.82. The van der Waals surface area contributed by atoms with Crippen LogP contribution in [0.5, 0.6) is 0 Å². The van der Waals surface area contributed by atoms with Gasteiger partial charge in [-0.05, 0) is 12.8 Å². The molecule has 0 amide bonds. The Morgan fingerprint density at radius 3 is 2.24 bits per heavy atom. The number of hydrogen-bond acceptors (Lipinski definition) is 2. The molecule has 104 valence electrons. The lowest BCUT2D eigenvalue weighted by Crippen LogP contribution is -2.07. The summed E-state index contributed by atoms with van der Waals surface area (Å²) in [6.45, 7) is 6.46. The van der Waals surface area contributed by atoms with Gasteiger partial charge in [-0.1, -0.05) is 59.3 Å². The third-order valence-corrected chi connectivity index (χ3v) is 4.98. The zero-order chi connectivity index (χ0) is 13.1. The molecule has 4 heteroatoms. The van der Waals surface area contributed by atoms with Crippen molar-refractivity contribution in [2.75, 3.05) is 6.61 Å². The Balaban J connectivity index is 3.70. The van der Waals surface area contributed by atoms with E-state index in [2.05, 4.69) is 6.92 Å². The van der Waals surface area contributed by atoms with Gasteiger partial charge in [-0.2, -0.15) is 0 Å². The van der Waals surface area contributed by atoms with Crippen LogP contribution in [0.15, 0.2) is 0 Å². The Morgan fingerprint density at radius 1 is 1.06 bits per heavy atom. The highest BCUT2D eigenvalue weighted by atomic mass is 31.2. The largest absolute Gasteiger partial charge is 0.330 e. The summed E-state index contributed by atoms with van der Waals surface area (Å²) in [5.74, 6) is 0. The summed E-state index contributed by atoms with van der Waals surface area (Å²) in [5, 5.41) is 0. The van der Waals surface area contributed by atoms with Crippen LogP contribution < -0.4 is 0 Å². The molecule has 0 heterocycles. The monoisotopic (exact) mass is 264 g/mol. The van der Waals surface area contributed by atoms with Gasteiger partial charge in [0.15, 0.2) is 0 Å². The Bertz CT molecular complexity index is 219.